The predicted molar refractivity (Wildman–Crippen MR) is 161 cm³/mol. The second-order valence-corrected chi connectivity index (χ2v) is 11.7. The van der Waals surface area contributed by atoms with Gasteiger partial charge in [0.25, 0.3) is 5.91 Å². The fourth-order valence-electron chi connectivity index (χ4n) is 5.09. The van der Waals surface area contributed by atoms with Crippen LogP contribution in [0, 0.1) is 23.7 Å². The van der Waals surface area contributed by atoms with E-state index in [0.717, 1.165) is 25.7 Å². The first-order chi connectivity index (χ1) is 20.6. The summed E-state index contributed by atoms with van der Waals surface area (Å²) in [6.45, 7) is 9.68. The molecule has 4 atom stereocenters. The molecule has 1 aromatic heterocycles. The number of carbonyl (C=O) groups excluding carboxylic acids is 3. The van der Waals surface area contributed by atoms with Crippen LogP contribution >= 0.6 is 0 Å². The van der Waals surface area contributed by atoms with Crippen molar-refractivity contribution in [2.24, 2.45) is 23.7 Å². The Hall–Kier alpha value is -3.66. The second-order valence-electron chi connectivity index (χ2n) is 11.7. The molecule has 1 aliphatic heterocycles. The van der Waals surface area contributed by atoms with Crippen molar-refractivity contribution >= 4 is 17.8 Å². The van der Waals surface area contributed by atoms with E-state index in [2.05, 4.69) is 36.3 Å². The van der Waals surface area contributed by atoms with Crippen molar-refractivity contribution in [1.29, 1.82) is 0 Å². The second kappa shape index (κ2) is 16.8. The van der Waals surface area contributed by atoms with Crippen LogP contribution in [0.5, 0.6) is 11.5 Å². The Morgan fingerprint density at radius 2 is 1.81 bits per heavy atom. The molecule has 3 rings (SSSR count). The molecule has 0 saturated carbocycles. The molecular weight excluding hydrogens is 552 g/mol. The summed E-state index contributed by atoms with van der Waals surface area (Å²) in [6, 6.07) is 10.7. The van der Waals surface area contributed by atoms with Crippen molar-refractivity contribution in [3.63, 3.8) is 0 Å². The van der Waals surface area contributed by atoms with Gasteiger partial charge in [0.1, 0.15) is 6.10 Å². The molecule has 0 spiro atoms. The number of aryl methyl sites for hydroxylation is 1. The third kappa shape index (κ3) is 10.2. The lowest BCUT2D eigenvalue weighted by molar-refractivity contribution is -0.155. The summed E-state index contributed by atoms with van der Waals surface area (Å²) in [5.41, 5.74) is 1.11. The van der Waals surface area contributed by atoms with Gasteiger partial charge in [-0.25, -0.2) is 9.78 Å². The van der Waals surface area contributed by atoms with Gasteiger partial charge in [-0.1, -0.05) is 64.4 Å². The molecule has 1 aliphatic rings. The summed E-state index contributed by atoms with van der Waals surface area (Å²) in [5, 5.41) is 2.70. The van der Waals surface area contributed by atoms with E-state index in [1.807, 2.05) is 25.1 Å². The first-order valence-corrected chi connectivity index (χ1v) is 15.1. The fraction of sp³-hybridized carbons (Fsp3) is 0.576. The zero-order chi connectivity index (χ0) is 31.4. The summed E-state index contributed by atoms with van der Waals surface area (Å²) in [5.74, 6) is -1.04. The molecule has 0 radical (unpaired) electrons. The molecule has 0 aliphatic carbocycles. The third-order valence-corrected chi connectivity index (χ3v) is 7.62. The normalized spacial score (nSPS) is 20.9. The maximum Gasteiger partial charge on any atom is 0.331 e. The predicted octanol–water partition coefficient (Wildman–Crippen LogP) is 4.99. The highest BCUT2D eigenvalue weighted by atomic mass is 16.7. The first-order valence-electron chi connectivity index (χ1n) is 15.1. The number of aromatic nitrogens is 1. The monoisotopic (exact) mass is 598 g/mol. The van der Waals surface area contributed by atoms with Crippen LogP contribution in [0.4, 0.5) is 0 Å². The molecule has 0 bridgehead atoms. The van der Waals surface area contributed by atoms with Gasteiger partial charge in [0.15, 0.2) is 23.2 Å². The smallest absolute Gasteiger partial charge is 0.331 e. The number of cyclic esters (lactones) is 1. The van der Waals surface area contributed by atoms with Gasteiger partial charge in [0.05, 0.1) is 19.6 Å². The highest BCUT2D eigenvalue weighted by molar-refractivity contribution is 5.98. The number of nitrogens with zero attached hydrogens (tertiary/aromatic N) is 1. The molecule has 0 unspecified atom stereocenters. The summed E-state index contributed by atoms with van der Waals surface area (Å²) in [4.78, 5) is 42.8. The number of benzene rings is 1. The van der Waals surface area contributed by atoms with Crippen molar-refractivity contribution < 1.29 is 38.1 Å². The zero-order valence-corrected chi connectivity index (χ0v) is 26.2. The highest BCUT2D eigenvalue weighted by Crippen LogP contribution is 2.32. The molecule has 2 aromatic rings. The van der Waals surface area contributed by atoms with E-state index in [1.165, 1.54) is 24.9 Å². The molecule has 2 heterocycles. The Labute approximate surface area is 254 Å². The quantitative estimate of drug-likeness (QED) is 0.251. The summed E-state index contributed by atoms with van der Waals surface area (Å²) < 4.78 is 28.1. The van der Waals surface area contributed by atoms with Gasteiger partial charge in [-0.05, 0) is 43.6 Å². The lowest BCUT2D eigenvalue weighted by Crippen LogP contribution is -2.46. The van der Waals surface area contributed by atoms with E-state index in [-0.39, 0.29) is 47.7 Å². The average Bonchev–Trinajstić information content (AvgIpc) is 3.03. The number of hydrogen-bond donors (Lipinski definition) is 1. The molecule has 43 heavy (non-hydrogen) atoms. The average molecular weight is 599 g/mol. The Bertz CT molecular complexity index is 1190. The number of rotatable bonds is 13. The fourth-order valence-corrected chi connectivity index (χ4v) is 5.09. The zero-order valence-electron chi connectivity index (χ0n) is 26.2. The van der Waals surface area contributed by atoms with Gasteiger partial charge in [-0.15, -0.1) is 0 Å². The number of nitrogens with one attached hydrogen (secondary N) is 1. The van der Waals surface area contributed by atoms with E-state index >= 15 is 0 Å². The van der Waals surface area contributed by atoms with E-state index in [0.29, 0.717) is 12.5 Å². The van der Waals surface area contributed by atoms with Crippen LogP contribution in [-0.4, -0.2) is 62.1 Å². The van der Waals surface area contributed by atoms with E-state index < -0.39 is 30.7 Å². The summed E-state index contributed by atoms with van der Waals surface area (Å²) in [6.07, 6.45) is 4.70. The maximum atomic E-state index is 13.4. The molecule has 1 N–H and O–H groups in total. The van der Waals surface area contributed by atoms with Gasteiger partial charge in [-0.3, -0.25) is 9.59 Å². The van der Waals surface area contributed by atoms with Crippen molar-refractivity contribution in [3.05, 3.63) is 53.9 Å². The van der Waals surface area contributed by atoms with Crippen molar-refractivity contribution in [3.8, 4) is 11.5 Å². The van der Waals surface area contributed by atoms with Crippen LogP contribution < -0.4 is 14.8 Å². The van der Waals surface area contributed by atoms with Crippen molar-refractivity contribution in [2.75, 3.05) is 27.1 Å². The van der Waals surface area contributed by atoms with E-state index in [9.17, 15) is 14.4 Å². The highest BCUT2D eigenvalue weighted by Gasteiger charge is 2.35. The SMILES string of the molecule is COc1ccnc(C(=O)N[C@H]2COC[C@H](CCC(C)C)[C@@H](CCc3ccccc3)[C@H](C)OC2=O)c1OCOC(=O)C(C)C. The van der Waals surface area contributed by atoms with Gasteiger partial charge in [0, 0.05) is 24.8 Å². The molecule has 236 valence electrons. The van der Waals surface area contributed by atoms with E-state index in [1.54, 1.807) is 13.8 Å². The van der Waals surface area contributed by atoms with Gasteiger partial charge in [0.2, 0.25) is 6.79 Å². The number of carbonyl (C=O) groups is 3. The maximum absolute atomic E-state index is 13.4. The number of hydrogen-bond acceptors (Lipinski definition) is 9. The number of methoxy groups -OCH3 is 1. The molecule has 1 saturated heterocycles. The third-order valence-electron chi connectivity index (χ3n) is 7.62. The Balaban J connectivity index is 1.75. The minimum absolute atomic E-state index is 0.0144. The molecule has 10 nitrogen and oxygen atoms in total. The van der Waals surface area contributed by atoms with Crippen LogP contribution in [0.25, 0.3) is 0 Å². The molecule has 1 aromatic carbocycles. The Morgan fingerprint density at radius 3 is 2.49 bits per heavy atom. The Morgan fingerprint density at radius 1 is 1.07 bits per heavy atom. The minimum atomic E-state index is -1.06. The summed E-state index contributed by atoms with van der Waals surface area (Å²) in [7, 11) is 1.42. The lowest BCUT2D eigenvalue weighted by atomic mass is 9.80. The van der Waals surface area contributed by atoms with Gasteiger partial charge in [-0.2, -0.15) is 0 Å². The lowest BCUT2D eigenvalue weighted by Gasteiger charge is -2.31. The van der Waals surface area contributed by atoms with Gasteiger partial charge >= 0.3 is 11.9 Å². The first kappa shape index (κ1) is 33.8. The van der Waals surface area contributed by atoms with Crippen LogP contribution in [0.15, 0.2) is 42.6 Å². The van der Waals surface area contributed by atoms with Crippen LogP contribution in [0.1, 0.15) is 69.9 Å². The van der Waals surface area contributed by atoms with Crippen molar-refractivity contribution in [2.45, 2.75) is 72.4 Å². The van der Waals surface area contributed by atoms with Crippen LogP contribution in [0.3, 0.4) is 0 Å². The van der Waals surface area contributed by atoms with Crippen LogP contribution in [0.2, 0.25) is 0 Å². The topological polar surface area (TPSA) is 122 Å². The largest absolute Gasteiger partial charge is 0.493 e. The molecular formula is C33H46N2O8. The summed E-state index contributed by atoms with van der Waals surface area (Å²) >= 11 is 0. The minimum Gasteiger partial charge on any atom is -0.493 e. The van der Waals surface area contributed by atoms with Crippen LogP contribution in [-0.2, 0) is 30.2 Å². The molecule has 1 fully saturated rings. The van der Waals surface area contributed by atoms with Gasteiger partial charge < -0.3 is 29.0 Å². The number of ether oxygens (including phenoxy) is 5. The number of esters is 2. The van der Waals surface area contributed by atoms with Crippen molar-refractivity contribution in [1.82, 2.24) is 10.3 Å². The van der Waals surface area contributed by atoms with E-state index in [4.69, 9.17) is 23.7 Å². The molecule has 10 heteroatoms. The Kier molecular flexibility index (Phi) is 13.3. The number of amides is 1. The standard InChI is InChI=1S/C33H46N2O8/c1-21(2)12-14-25-18-40-19-27(33(38)43-23(5)26(25)15-13-24-10-8-7-9-11-24)35-31(36)29-30(28(39-6)16-17-34-29)41-20-42-32(37)22(3)4/h7-11,16-17,21-23,25-27H,12-15,18-20H2,1-6H3,(H,35,36)/t23-,25-,26-,27-/m0/s1. The number of pyridine rings is 1. The molecule has 1 amide bonds.